The summed E-state index contributed by atoms with van der Waals surface area (Å²) in [5, 5.41) is 3.46. The summed E-state index contributed by atoms with van der Waals surface area (Å²) in [5.74, 6) is 0. The van der Waals surface area contributed by atoms with Gasteiger partial charge in [-0.1, -0.05) is 0 Å². The third-order valence-electron chi connectivity index (χ3n) is 2.69. The lowest BCUT2D eigenvalue weighted by molar-refractivity contribution is 0.532. The van der Waals surface area contributed by atoms with Crippen LogP contribution in [-0.4, -0.2) is 16.0 Å². The van der Waals surface area contributed by atoms with Gasteiger partial charge in [0.15, 0.2) is 0 Å². The summed E-state index contributed by atoms with van der Waals surface area (Å²) >= 11 is 0. The minimum Gasteiger partial charge on any atom is -0.310 e. The predicted molar refractivity (Wildman–Crippen MR) is 51.4 cm³/mol. The lowest BCUT2D eigenvalue weighted by Gasteiger charge is -2.08. The molecule has 0 saturated carbocycles. The molecule has 1 N–H and O–H groups in total. The molecule has 1 aliphatic rings. The largest absolute Gasteiger partial charge is 0.310 e. The zero-order valence-electron chi connectivity index (χ0n) is 8.17. The summed E-state index contributed by atoms with van der Waals surface area (Å²) in [6, 6.07) is 0.591. The van der Waals surface area contributed by atoms with Gasteiger partial charge in [0.25, 0.3) is 0 Å². The van der Waals surface area contributed by atoms with Crippen LogP contribution in [0.5, 0.6) is 0 Å². The lowest BCUT2D eigenvalue weighted by Crippen LogP contribution is -2.23. The van der Waals surface area contributed by atoms with E-state index in [0.29, 0.717) is 6.04 Å². The highest BCUT2D eigenvalue weighted by Crippen LogP contribution is 2.15. The van der Waals surface area contributed by atoms with Crippen LogP contribution in [-0.2, 0) is 13.0 Å². The van der Waals surface area contributed by atoms with Crippen molar-refractivity contribution in [2.45, 2.75) is 39.3 Å². The number of fused-ring (bicyclic) bond motifs is 1. The van der Waals surface area contributed by atoms with Crippen LogP contribution in [0.1, 0.15) is 30.3 Å². The Morgan fingerprint density at radius 3 is 3.15 bits per heavy atom. The van der Waals surface area contributed by atoms with Crippen LogP contribution in [0.3, 0.4) is 0 Å². The van der Waals surface area contributed by atoms with Crippen molar-refractivity contribution in [3.63, 3.8) is 0 Å². The molecule has 1 atom stereocenters. The zero-order valence-corrected chi connectivity index (χ0v) is 8.17. The fourth-order valence-electron chi connectivity index (χ4n) is 1.73. The molecule has 0 fully saturated rings. The van der Waals surface area contributed by atoms with E-state index in [-0.39, 0.29) is 0 Å². The number of nitrogens with zero attached hydrogens (tertiary/aromatic N) is 2. The number of hydrogen-bond donors (Lipinski definition) is 1. The first-order valence-corrected chi connectivity index (χ1v) is 4.80. The van der Waals surface area contributed by atoms with E-state index in [9.17, 15) is 0 Å². The van der Waals surface area contributed by atoms with Gasteiger partial charge in [-0.05, 0) is 26.7 Å². The SMILES string of the molecule is Cc1ncnc2c1CNC(C)CC2. The molecule has 0 aliphatic carbocycles. The third kappa shape index (κ3) is 1.70. The number of rotatable bonds is 0. The molecule has 0 aromatic carbocycles. The van der Waals surface area contributed by atoms with E-state index in [2.05, 4.69) is 29.1 Å². The first-order valence-electron chi connectivity index (χ1n) is 4.80. The highest BCUT2D eigenvalue weighted by atomic mass is 14.9. The standard InChI is InChI=1S/C10H15N3/c1-7-3-4-10-9(5-11-7)8(2)12-6-13-10/h6-7,11H,3-5H2,1-2H3. The molecule has 0 amide bonds. The maximum atomic E-state index is 4.32. The number of aromatic nitrogens is 2. The molecule has 70 valence electrons. The van der Waals surface area contributed by atoms with Gasteiger partial charge in [-0.3, -0.25) is 0 Å². The average molecular weight is 177 g/mol. The van der Waals surface area contributed by atoms with E-state index < -0.39 is 0 Å². The normalized spacial score (nSPS) is 22.2. The molecule has 3 nitrogen and oxygen atoms in total. The summed E-state index contributed by atoms with van der Waals surface area (Å²) in [7, 11) is 0. The molecule has 13 heavy (non-hydrogen) atoms. The Labute approximate surface area is 78.6 Å². The number of hydrogen-bond acceptors (Lipinski definition) is 3. The van der Waals surface area contributed by atoms with Crippen LogP contribution >= 0.6 is 0 Å². The van der Waals surface area contributed by atoms with Gasteiger partial charge in [-0.25, -0.2) is 9.97 Å². The second-order valence-electron chi connectivity index (χ2n) is 3.70. The monoisotopic (exact) mass is 177 g/mol. The summed E-state index contributed by atoms with van der Waals surface area (Å²) in [6.07, 6.45) is 3.92. The van der Waals surface area contributed by atoms with Crippen molar-refractivity contribution in [3.8, 4) is 0 Å². The van der Waals surface area contributed by atoms with Crippen LogP contribution < -0.4 is 5.32 Å². The van der Waals surface area contributed by atoms with Crippen molar-refractivity contribution >= 4 is 0 Å². The Kier molecular flexibility index (Phi) is 2.27. The van der Waals surface area contributed by atoms with Crippen molar-refractivity contribution in [1.29, 1.82) is 0 Å². The average Bonchev–Trinajstić information content (AvgIpc) is 2.30. The first-order chi connectivity index (χ1) is 6.27. The van der Waals surface area contributed by atoms with Gasteiger partial charge in [-0.15, -0.1) is 0 Å². The van der Waals surface area contributed by atoms with Gasteiger partial charge < -0.3 is 5.32 Å². The highest BCUT2D eigenvalue weighted by molar-refractivity contribution is 5.24. The van der Waals surface area contributed by atoms with Gasteiger partial charge >= 0.3 is 0 Å². The topological polar surface area (TPSA) is 37.8 Å². The fourth-order valence-corrected chi connectivity index (χ4v) is 1.73. The van der Waals surface area contributed by atoms with Crippen molar-refractivity contribution in [1.82, 2.24) is 15.3 Å². The Hall–Kier alpha value is -0.960. The van der Waals surface area contributed by atoms with Crippen LogP contribution in [0.15, 0.2) is 6.33 Å². The Balaban J connectivity index is 2.35. The van der Waals surface area contributed by atoms with E-state index in [1.54, 1.807) is 6.33 Å². The minimum absolute atomic E-state index is 0.591. The molecule has 3 heteroatoms. The van der Waals surface area contributed by atoms with Crippen LogP contribution in [0.4, 0.5) is 0 Å². The number of aryl methyl sites for hydroxylation is 2. The molecular weight excluding hydrogens is 162 g/mol. The minimum atomic E-state index is 0.591. The summed E-state index contributed by atoms with van der Waals surface area (Å²) in [6.45, 7) is 5.19. The van der Waals surface area contributed by atoms with Gasteiger partial charge in [0, 0.05) is 29.5 Å². The zero-order chi connectivity index (χ0) is 9.26. The van der Waals surface area contributed by atoms with Crippen molar-refractivity contribution in [2.75, 3.05) is 0 Å². The van der Waals surface area contributed by atoms with E-state index >= 15 is 0 Å². The van der Waals surface area contributed by atoms with Gasteiger partial charge in [-0.2, -0.15) is 0 Å². The molecule has 0 bridgehead atoms. The molecule has 1 aliphatic heterocycles. The third-order valence-corrected chi connectivity index (χ3v) is 2.69. The van der Waals surface area contributed by atoms with Gasteiger partial charge in [0.05, 0.1) is 0 Å². The smallest absolute Gasteiger partial charge is 0.115 e. The molecule has 0 radical (unpaired) electrons. The fraction of sp³-hybridized carbons (Fsp3) is 0.600. The lowest BCUT2D eigenvalue weighted by atomic mass is 10.1. The second kappa shape index (κ2) is 3.42. The second-order valence-corrected chi connectivity index (χ2v) is 3.70. The Morgan fingerprint density at radius 2 is 2.31 bits per heavy atom. The van der Waals surface area contributed by atoms with E-state index in [1.807, 2.05) is 0 Å². The van der Waals surface area contributed by atoms with Gasteiger partial charge in [0.2, 0.25) is 0 Å². The van der Waals surface area contributed by atoms with Crippen molar-refractivity contribution in [3.05, 3.63) is 23.3 Å². The van der Waals surface area contributed by atoms with Crippen LogP contribution in [0, 0.1) is 6.92 Å². The maximum Gasteiger partial charge on any atom is 0.115 e. The molecule has 2 rings (SSSR count). The van der Waals surface area contributed by atoms with Crippen LogP contribution in [0.2, 0.25) is 0 Å². The summed E-state index contributed by atoms with van der Waals surface area (Å²) in [4.78, 5) is 8.53. The van der Waals surface area contributed by atoms with Crippen LogP contribution in [0.25, 0.3) is 0 Å². The quantitative estimate of drug-likeness (QED) is 0.647. The van der Waals surface area contributed by atoms with E-state index in [4.69, 9.17) is 0 Å². The Bertz CT molecular complexity index is 309. The van der Waals surface area contributed by atoms with E-state index in [1.165, 1.54) is 17.7 Å². The molecule has 2 heterocycles. The maximum absolute atomic E-state index is 4.32. The molecular formula is C10H15N3. The van der Waals surface area contributed by atoms with Crippen molar-refractivity contribution in [2.24, 2.45) is 0 Å². The van der Waals surface area contributed by atoms with Crippen molar-refractivity contribution < 1.29 is 0 Å². The molecule has 1 unspecified atom stereocenters. The van der Waals surface area contributed by atoms with Gasteiger partial charge in [0.1, 0.15) is 6.33 Å². The molecule has 0 saturated heterocycles. The molecule has 1 aromatic heterocycles. The molecule has 0 spiro atoms. The predicted octanol–water partition coefficient (Wildman–Crippen LogP) is 1.21. The Morgan fingerprint density at radius 1 is 1.46 bits per heavy atom. The highest BCUT2D eigenvalue weighted by Gasteiger charge is 2.14. The first kappa shape index (κ1) is 8.63. The summed E-state index contributed by atoms with van der Waals surface area (Å²) < 4.78 is 0. The van der Waals surface area contributed by atoms with E-state index in [0.717, 1.165) is 18.7 Å². The molecule has 1 aromatic rings. The number of nitrogens with one attached hydrogen (secondary N) is 1. The summed E-state index contributed by atoms with van der Waals surface area (Å²) in [5.41, 5.74) is 3.64.